The molecule has 0 unspecified atom stereocenters. The van der Waals surface area contributed by atoms with Gasteiger partial charge in [0.15, 0.2) is 6.79 Å². The molecule has 1 aromatic rings. The molecule has 0 saturated heterocycles. The highest BCUT2D eigenvalue weighted by Gasteiger charge is 1.99. The van der Waals surface area contributed by atoms with Crippen molar-refractivity contribution >= 4 is 0 Å². The Kier molecular flexibility index (Phi) is 2.48. The van der Waals surface area contributed by atoms with Crippen LogP contribution in [0, 0.1) is 6.92 Å². The number of ether oxygens (including phenoxy) is 2. The van der Waals surface area contributed by atoms with Crippen LogP contribution >= 0.6 is 0 Å². The van der Waals surface area contributed by atoms with Crippen molar-refractivity contribution in [3.8, 4) is 5.88 Å². The fourth-order valence-electron chi connectivity index (χ4n) is 0.718. The van der Waals surface area contributed by atoms with Gasteiger partial charge in [-0.05, 0) is 6.92 Å². The van der Waals surface area contributed by atoms with Crippen LogP contribution in [0.4, 0.5) is 0 Å². The summed E-state index contributed by atoms with van der Waals surface area (Å²) in [7, 11) is 3.45. The lowest BCUT2D eigenvalue weighted by Crippen LogP contribution is -2.00. The third kappa shape index (κ3) is 1.94. The van der Waals surface area contributed by atoms with Crippen LogP contribution in [0.2, 0.25) is 0 Å². The van der Waals surface area contributed by atoms with Gasteiger partial charge in [0, 0.05) is 25.9 Å². The molecular weight excluding hydrogens is 144 g/mol. The Labute approximate surface area is 65.7 Å². The largest absolute Gasteiger partial charge is 0.449 e. The van der Waals surface area contributed by atoms with Crippen molar-refractivity contribution in [1.82, 2.24) is 9.78 Å². The van der Waals surface area contributed by atoms with Gasteiger partial charge in [-0.25, -0.2) is 0 Å². The second-order valence-electron chi connectivity index (χ2n) is 2.30. The van der Waals surface area contributed by atoms with Crippen molar-refractivity contribution in [3.05, 3.63) is 11.8 Å². The molecule has 0 atom stereocenters. The van der Waals surface area contributed by atoms with Gasteiger partial charge in [-0.3, -0.25) is 4.68 Å². The number of rotatable bonds is 3. The van der Waals surface area contributed by atoms with Crippen molar-refractivity contribution in [3.63, 3.8) is 0 Å². The molecule has 0 spiro atoms. The van der Waals surface area contributed by atoms with Gasteiger partial charge in [-0.15, -0.1) is 5.10 Å². The van der Waals surface area contributed by atoms with Crippen LogP contribution < -0.4 is 4.74 Å². The quantitative estimate of drug-likeness (QED) is 0.605. The summed E-state index contributed by atoms with van der Waals surface area (Å²) in [6.45, 7) is 2.21. The molecule has 1 rings (SSSR count). The number of hydrogen-bond acceptors (Lipinski definition) is 3. The van der Waals surface area contributed by atoms with Gasteiger partial charge in [0.1, 0.15) is 0 Å². The molecule has 11 heavy (non-hydrogen) atoms. The van der Waals surface area contributed by atoms with Gasteiger partial charge in [0.25, 0.3) is 0 Å². The summed E-state index contributed by atoms with van der Waals surface area (Å²) in [6, 6.07) is 1.86. The maximum absolute atomic E-state index is 5.10. The highest BCUT2D eigenvalue weighted by atomic mass is 16.7. The summed E-state index contributed by atoms with van der Waals surface area (Å²) in [5.41, 5.74) is 1.07. The predicted octanol–water partition coefficient (Wildman–Crippen LogP) is 0.711. The minimum Gasteiger partial charge on any atom is -0.449 e. The van der Waals surface area contributed by atoms with E-state index in [1.165, 1.54) is 0 Å². The number of aryl methyl sites for hydroxylation is 2. The summed E-state index contributed by atoms with van der Waals surface area (Å²) in [4.78, 5) is 0. The Morgan fingerprint density at radius 2 is 2.36 bits per heavy atom. The van der Waals surface area contributed by atoms with Crippen molar-refractivity contribution in [2.75, 3.05) is 13.9 Å². The van der Waals surface area contributed by atoms with E-state index in [1.807, 2.05) is 20.0 Å². The van der Waals surface area contributed by atoms with E-state index in [2.05, 4.69) is 5.10 Å². The van der Waals surface area contributed by atoms with E-state index in [9.17, 15) is 0 Å². The first-order chi connectivity index (χ1) is 5.24. The number of methoxy groups -OCH3 is 1. The molecule has 4 heteroatoms. The zero-order chi connectivity index (χ0) is 8.27. The van der Waals surface area contributed by atoms with Crippen molar-refractivity contribution in [2.45, 2.75) is 6.92 Å². The Bertz CT molecular complexity index is 213. The van der Waals surface area contributed by atoms with Crippen molar-refractivity contribution < 1.29 is 9.47 Å². The van der Waals surface area contributed by atoms with Gasteiger partial charge >= 0.3 is 0 Å². The minimum atomic E-state index is 0.246. The molecule has 1 heterocycles. The van der Waals surface area contributed by atoms with E-state index >= 15 is 0 Å². The number of aromatic nitrogens is 2. The molecule has 0 N–H and O–H groups in total. The first-order valence-electron chi connectivity index (χ1n) is 3.36. The molecule has 0 radical (unpaired) electrons. The fraction of sp³-hybridized carbons (Fsp3) is 0.571. The zero-order valence-corrected chi connectivity index (χ0v) is 7.00. The van der Waals surface area contributed by atoms with Crippen molar-refractivity contribution in [2.24, 2.45) is 7.05 Å². The van der Waals surface area contributed by atoms with E-state index in [4.69, 9.17) is 9.47 Å². The van der Waals surface area contributed by atoms with Crippen LogP contribution in [-0.4, -0.2) is 23.7 Å². The lowest BCUT2D eigenvalue weighted by molar-refractivity contribution is 0.0474. The van der Waals surface area contributed by atoms with Crippen LogP contribution in [-0.2, 0) is 11.8 Å². The number of hydrogen-bond donors (Lipinski definition) is 0. The second-order valence-corrected chi connectivity index (χ2v) is 2.30. The van der Waals surface area contributed by atoms with E-state index in [1.54, 1.807) is 11.8 Å². The molecule has 4 nitrogen and oxygen atoms in total. The lowest BCUT2D eigenvalue weighted by Gasteiger charge is -1.97. The van der Waals surface area contributed by atoms with Gasteiger partial charge in [0.05, 0.1) is 0 Å². The summed E-state index contributed by atoms with van der Waals surface area (Å²) in [5, 5.41) is 4.06. The van der Waals surface area contributed by atoms with Gasteiger partial charge in [-0.1, -0.05) is 0 Å². The first-order valence-corrected chi connectivity index (χ1v) is 3.36. The Morgan fingerprint density at radius 1 is 1.64 bits per heavy atom. The summed E-state index contributed by atoms with van der Waals surface area (Å²) in [5.74, 6) is 0.604. The smallest absolute Gasteiger partial charge is 0.235 e. The molecule has 0 saturated carbocycles. The molecule has 1 aromatic heterocycles. The second kappa shape index (κ2) is 3.39. The lowest BCUT2D eigenvalue weighted by atomic mass is 10.5. The monoisotopic (exact) mass is 156 g/mol. The summed E-state index contributed by atoms with van der Waals surface area (Å²) >= 11 is 0. The zero-order valence-electron chi connectivity index (χ0n) is 7.00. The topological polar surface area (TPSA) is 36.3 Å². The molecule has 0 fully saturated rings. The van der Waals surface area contributed by atoms with Gasteiger partial charge < -0.3 is 9.47 Å². The van der Waals surface area contributed by atoms with Crippen molar-refractivity contribution in [1.29, 1.82) is 0 Å². The Balaban J connectivity index is 2.58. The van der Waals surface area contributed by atoms with E-state index in [-0.39, 0.29) is 6.79 Å². The molecule has 0 aliphatic carbocycles. The van der Waals surface area contributed by atoms with E-state index in [0.29, 0.717) is 5.88 Å². The van der Waals surface area contributed by atoms with Crippen LogP contribution in [0.25, 0.3) is 0 Å². The fourth-order valence-corrected chi connectivity index (χ4v) is 0.718. The average molecular weight is 156 g/mol. The molecule has 0 aliphatic rings. The number of nitrogens with zero attached hydrogens (tertiary/aromatic N) is 2. The molecule has 0 amide bonds. The third-order valence-corrected chi connectivity index (χ3v) is 1.42. The first kappa shape index (κ1) is 8.07. The maximum Gasteiger partial charge on any atom is 0.235 e. The normalized spacial score (nSPS) is 10.1. The predicted molar refractivity (Wildman–Crippen MR) is 40.4 cm³/mol. The third-order valence-electron chi connectivity index (χ3n) is 1.42. The van der Waals surface area contributed by atoms with E-state index in [0.717, 1.165) is 5.69 Å². The molecule has 0 aromatic carbocycles. The van der Waals surface area contributed by atoms with Crippen LogP contribution in [0.3, 0.4) is 0 Å². The standard InChI is InChI=1S/C7H12N2O2/c1-6-4-7(8-9(6)2)11-5-10-3/h4H,5H2,1-3H3. The highest BCUT2D eigenvalue weighted by molar-refractivity contribution is 5.13. The van der Waals surface area contributed by atoms with Crippen LogP contribution in [0.15, 0.2) is 6.07 Å². The van der Waals surface area contributed by atoms with E-state index < -0.39 is 0 Å². The summed E-state index contributed by atoms with van der Waals surface area (Å²) < 4.78 is 11.6. The molecular formula is C7H12N2O2. The summed E-state index contributed by atoms with van der Waals surface area (Å²) in [6.07, 6.45) is 0. The van der Waals surface area contributed by atoms with Crippen LogP contribution in [0.1, 0.15) is 5.69 Å². The highest BCUT2D eigenvalue weighted by Crippen LogP contribution is 2.08. The SMILES string of the molecule is COCOc1cc(C)n(C)n1. The Morgan fingerprint density at radius 3 is 2.82 bits per heavy atom. The molecule has 0 aliphatic heterocycles. The maximum atomic E-state index is 5.10. The van der Waals surface area contributed by atoms with Gasteiger partial charge in [-0.2, -0.15) is 0 Å². The molecule has 0 bridgehead atoms. The van der Waals surface area contributed by atoms with Crippen LogP contribution in [0.5, 0.6) is 5.88 Å². The minimum absolute atomic E-state index is 0.246. The van der Waals surface area contributed by atoms with Gasteiger partial charge in [0.2, 0.25) is 5.88 Å². The average Bonchev–Trinajstić information content (AvgIpc) is 2.28. The molecule has 62 valence electrons. The Hall–Kier alpha value is -1.03.